The second-order valence-corrected chi connectivity index (χ2v) is 8.34. The third-order valence-electron chi connectivity index (χ3n) is 6.72. The van der Waals surface area contributed by atoms with E-state index >= 15 is 0 Å². The van der Waals surface area contributed by atoms with E-state index in [9.17, 15) is 24.3 Å². The summed E-state index contributed by atoms with van der Waals surface area (Å²) >= 11 is 0. The van der Waals surface area contributed by atoms with E-state index < -0.39 is 46.9 Å². The van der Waals surface area contributed by atoms with Gasteiger partial charge in [-0.3, -0.25) is 14.4 Å². The highest BCUT2D eigenvalue weighted by Crippen LogP contribution is 2.55. The highest BCUT2D eigenvalue weighted by atomic mass is 16.6. The summed E-state index contributed by atoms with van der Waals surface area (Å²) in [6.45, 7) is 9.29. The van der Waals surface area contributed by atoms with E-state index in [4.69, 9.17) is 9.47 Å². The lowest BCUT2D eigenvalue weighted by molar-refractivity contribution is -0.156. The average Bonchev–Trinajstić information content (AvgIpc) is 3.01. The number of aliphatic hydroxyl groups is 1. The predicted octanol–water partition coefficient (Wildman–Crippen LogP) is 1.98. The maximum Gasteiger partial charge on any atom is 0.333 e. The minimum Gasteiger partial charge on any atom is -0.458 e. The van der Waals surface area contributed by atoms with E-state index in [2.05, 4.69) is 0 Å². The fourth-order valence-corrected chi connectivity index (χ4v) is 4.70. The molecule has 1 aliphatic heterocycles. The van der Waals surface area contributed by atoms with Crippen molar-refractivity contribution in [1.82, 2.24) is 0 Å². The van der Waals surface area contributed by atoms with Crippen LogP contribution in [-0.4, -0.2) is 46.4 Å². The van der Waals surface area contributed by atoms with Gasteiger partial charge >= 0.3 is 11.9 Å². The fraction of sp³-hybridized carbons (Fsp3) is 0.545. The van der Waals surface area contributed by atoms with E-state index in [1.54, 1.807) is 33.8 Å². The molecule has 0 unspecified atom stereocenters. The van der Waals surface area contributed by atoms with Crippen molar-refractivity contribution in [2.45, 2.75) is 65.8 Å². The molecule has 0 amide bonds. The molecule has 3 aliphatic rings. The van der Waals surface area contributed by atoms with E-state index in [1.165, 1.54) is 19.9 Å². The molecule has 2 aliphatic carbocycles. The Labute approximate surface area is 169 Å². The summed E-state index contributed by atoms with van der Waals surface area (Å²) in [6, 6.07) is 0. The number of esters is 2. The first-order valence-corrected chi connectivity index (χ1v) is 9.62. The summed E-state index contributed by atoms with van der Waals surface area (Å²) < 4.78 is 11.3. The Kier molecular flexibility index (Phi) is 4.94. The first-order valence-electron chi connectivity index (χ1n) is 9.62. The van der Waals surface area contributed by atoms with Crippen LogP contribution in [0, 0.1) is 11.3 Å². The number of carbonyl (C=O) groups is 4. The van der Waals surface area contributed by atoms with Gasteiger partial charge in [0.15, 0.2) is 11.4 Å². The number of ether oxygens (including phenoxy) is 2. The van der Waals surface area contributed by atoms with Crippen molar-refractivity contribution in [2.75, 3.05) is 0 Å². The monoisotopic (exact) mass is 402 g/mol. The van der Waals surface area contributed by atoms with Crippen molar-refractivity contribution in [3.63, 3.8) is 0 Å². The lowest BCUT2D eigenvalue weighted by Gasteiger charge is -2.37. The first-order chi connectivity index (χ1) is 13.4. The molecule has 0 aromatic rings. The van der Waals surface area contributed by atoms with Gasteiger partial charge in [0.25, 0.3) is 0 Å². The van der Waals surface area contributed by atoms with Crippen molar-refractivity contribution in [3.8, 4) is 0 Å². The summed E-state index contributed by atoms with van der Waals surface area (Å²) in [4.78, 5) is 50.5. The minimum absolute atomic E-state index is 0.105. The molecule has 0 radical (unpaired) electrons. The number of Topliss-reactive ketones (excluding diaryl/α,β-unsaturated/α-hetero) is 1. The molecule has 1 saturated heterocycles. The van der Waals surface area contributed by atoms with Crippen molar-refractivity contribution >= 4 is 23.5 Å². The van der Waals surface area contributed by atoms with Crippen LogP contribution in [0.1, 0.15) is 48.0 Å². The van der Waals surface area contributed by atoms with Gasteiger partial charge in [-0.15, -0.1) is 0 Å². The zero-order valence-corrected chi connectivity index (χ0v) is 17.5. The normalized spacial score (nSPS) is 36.9. The van der Waals surface area contributed by atoms with Gasteiger partial charge in [-0.25, -0.2) is 4.79 Å². The lowest BCUT2D eigenvalue weighted by Crippen LogP contribution is -2.52. The highest BCUT2D eigenvalue weighted by molar-refractivity contribution is 6.11. The summed E-state index contributed by atoms with van der Waals surface area (Å²) in [6.07, 6.45) is 0.881. The maximum absolute atomic E-state index is 12.8. The van der Waals surface area contributed by atoms with Crippen molar-refractivity contribution in [2.24, 2.45) is 11.3 Å². The van der Waals surface area contributed by atoms with Crippen LogP contribution < -0.4 is 0 Å². The highest BCUT2D eigenvalue weighted by Gasteiger charge is 2.69. The van der Waals surface area contributed by atoms with Crippen LogP contribution in [0.25, 0.3) is 0 Å². The molecule has 1 fully saturated rings. The van der Waals surface area contributed by atoms with Crippen LogP contribution in [0.5, 0.6) is 0 Å². The number of hydrogen-bond acceptors (Lipinski definition) is 7. The summed E-state index contributed by atoms with van der Waals surface area (Å²) in [7, 11) is 0. The summed E-state index contributed by atoms with van der Waals surface area (Å²) in [5, 5.41) is 11.6. The van der Waals surface area contributed by atoms with E-state index in [1.807, 2.05) is 0 Å². The number of allylic oxidation sites excluding steroid dienone is 2. The molecule has 0 spiro atoms. The Morgan fingerprint density at radius 1 is 1.28 bits per heavy atom. The standard InChI is InChI=1S/C22H26O7/c1-7-10(2)19(25)28-15-8-11(3)16-14(24)9-12(4)22(16,27)18-17(15)21(6,13(5)23)20(26)29-18/h7,9,15,17-18,27H,8H2,1-6H3/b10-7-/t15-,17+,18+,21-,22-/m0/s1. The number of rotatable bonds is 3. The van der Waals surface area contributed by atoms with Crippen molar-refractivity contribution in [3.05, 3.63) is 34.4 Å². The SMILES string of the molecule is C/C=C(/C)C(=O)O[C@H]1CC(C)=C2C(=O)C=C(C)[C@@]2(O)[C@@H]2OC(=O)[C@@](C)(C(C)=O)[C@H]12. The number of carbonyl (C=O) groups excluding carboxylic acids is 4. The topological polar surface area (TPSA) is 107 Å². The van der Waals surface area contributed by atoms with E-state index in [-0.39, 0.29) is 17.8 Å². The van der Waals surface area contributed by atoms with Crippen LogP contribution in [0.3, 0.4) is 0 Å². The van der Waals surface area contributed by atoms with Crippen LogP contribution in [0.15, 0.2) is 34.4 Å². The Morgan fingerprint density at radius 3 is 2.45 bits per heavy atom. The molecule has 0 aromatic heterocycles. The third-order valence-corrected chi connectivity index (χ3v) is 6.72. The number of hydrogen-bond donors (Lipinski definition) is 1. The second kappa shape index (κ2) is 6.76. The molecule has 0 aromatic carbocycles. The second-order valence-electron chi connectivity index (χ2n) is 8.34. The van der Waals surface area contributed by atoms with Crippen LogP contribution in [0.4, 0.5) is 0 Å². The van der Waals surface area contributed by atoms with Gasteiger partial charge in [0.1, 0.15) is 23.4 Å². The molecule has 156 valence electrons. The Morgan fingerprint density at radius 2 is 1.90 bits per heavy atom. The Balaban J connectivity index is 2.22. The molecule has 3 rings (SSSR count). The van der Waals surface area contributed by atoms with Crippen LogP contribution >= 0.6 is 0 Å². The van der Waals surface area contributed by atoms with Crippen LogP contribution in [-0.2, 0) is 28.7 Å². The molecule has 0 bridgehead atoms. The molecule has 0 saturated carbocycles. The number of fused-ring (bicyclic) bond motifs is 3. The van der Waals surface area contributed by atoms with Gasteiger partial charge in [0.05, 0.1) is 5.92 Å². The largest absolute Gasteiger partial charge is 0.458 e. The van der Waals surface area contributed by atoms with Gasteiger partial charge in [-0.1, -0.05) is 11.6 Å². The molecular weight excluding hydrogens is 376 g/mol. The smallest absolute Gasteiger partial charge is 0.333 e. The third kappa shape index (κ3) is 2.74. The molecule has 1 heterocycles. The van der Waals surface area contributed by atoms with E-state index in [0.717, 1.165) is 0 Å². The quantitative estimate of drug-likeness (QED) is 0.437. The zero-order chi connectivity index (χ0) is 21.9. The Hall–Kier alpha value is -2.54. The van der Waals surface area contributed by atoms with Gasteiger partial charge < -0.3 is 14.6 Å². The summed E-state index contributed by atoms with van der Waals surface area (Å²) in [5.74, 6) is -3.15. The molecule has 7 nitrogen and oxygen atoms in total. The maximum atomic E-state index is 12.8. The molecular formula is C22H26O7. The first kappa shape index (κ1) is 21.2. The van der Waals surface area contributed by atoms with Crippen molar-refractivity contribution in [1.29, 1.82) is 0 Å². The van der Waals surface area contributed by atoms with Gasteiger partial charge in [-0.2, -0.15) is 0 Å². The lowest BCUT2D eigenvalue weighted by atomic mass is 9.67. The van der Waals surface area contributed by atoms with E-state index in [0.29, 0.717) is 16.7 Å². The zero-order valence-electron chi connectivity index (χ0n) is 17.5. The fourth-order valence-electron chi connectivity index (χ4n) is 4.70. The predicted molar refractivity (Wildman–Crippen MR) is 102 cm³/mol. The van der Waals surface area contributed by atoms with Crippen molar-refractivity contribution < 1.29 is 33.8 Å². The average molecular weight is 402 g/mol. The van der Waals surface area contributed by atoms with Gasteiger partial charge in [0, 0.05) is 17.6 Å². The molecule has 1 N–H and O–H groups in total. The Bertz CT molecular complexity index is 921. The summed E-state index contributed by atoms with van der Waals surface area (Å²) in [5.41, 5.74) is -2.09. The molecule has 5 atom stereocenters. The van der Waals surface area contributed by atoms with Gasteiger partial charge in [0.2, 0.25) is 0 Å². The molecule has 7 heteroatoms. The molecule has 29 heavy (non-hydrogen) atoms. The minimum atomic E-state index is -1.86. The number of ketones is 2. The van der Waals surface area contributed by atoms with Crippen LogP contribution in [0.2, 0.25) is 0 Å². The van der Waals surface area contributed by atoms with Gasteiger partial charge in [-0.05, 0) is 53.2 Å².